The average Bonchev–Trinajstić information content (AvgIpc) is 3.43. The normalized spacial score (nSPS) is 16.1. The minimum atomic E-state index is 0. The van der Waals surface area contributed by atoms with E-state index in [1.54, 1.807) is 0 Å². The Morgan fingerprint density at radius 3 is 1.81 bits per heavy atom. The van der Waals surface area contributed by atoms with Gasteiger partial charge in [-0.1, -0.05) is 43.5 Å². The molecule has 0 bridgehead atoms. The molecule has 0 amide bonds. The Morgan fingerprint density at radius 1 is 0.923 bits per heavy atom. The maximum atomic E-state index is 7.50. The fourth-order valence-corrected chi connectivity index (χ4v) is 1.91. The van der Waals surface area contributed by atoms with Crippen molar-refractivity contribution in [3.63, 3.8) is 0 Å². The van der Waals surface area contributed by atoms with Crippen molar-refractivity contribution >= 4 is 0 Å². The Balaban J connectivity index is -0.000000371. The Bertz CT molecular complexity index is 518. The molecule has 1 aromatic carbocycles. The molecule has 0 saturated heterocycles. The molecule has 1 saturated carbocycles. The molecule has 4 nitrogen and oxygen atoms in total. The second-order valence-electron chi connectivity index (χ2n) is 4.31. The molecule has 1 atom stereocenters. The standard InChI is InChI=1S/C13H13O.C5H5.3CO.W/c1-2-6-11-9-13(14-10-11)12-7-4-3-5-8-12;1-2-4-5-3-1;3*1-2;/h2-8,13H,9H2,1H3;1-5H;;;;/q-1;;;;;+2/b6-2+;;;;;. The van der Waals surface area contributed by atoms with Gasteiger partial charge >= 0.3 is 55.0 Å². The number of allylic oxidation sites excluding steroid dienone is 2. The van der Waals surface area contributed by atoms with Gasteiger partial charge in [0.05, 0.1) is 0 Å². The van der Waals surface area contributed by atoms with Crippen molar-refractivity contribution in [3.8, 4) is 0 Å². The molecule has 5 radical (unpaired) electrons. The molecule has 131 valence electrons. The summed E-state index contributed by atoms with van der Waals surface area (Å²) >= 11 is 0. The van der Waals surface area contributed by atoms with Crippen molar-refractivity contribution in [2.45, 2.75) is 19.4 Å². The quantitative estimate of drug-likeness (QED) is 0.425. The van der Waals surface area contributed by atoms with Crippen molar-refractivity contribution in [2.75, 3.05) is 0 Å². The van der Waals surface area contributed by atoms with E-state index < -0.39 is 0 Å². The van der Waals surface area contributed by atoms with Crippen LogP contribution in [0.5, 0.6) is 0 Å². The van der Waals surface area contributed by atoms with Crippen LogP contribution in [0.1, 0.15) is 25.0 Å². The van der Waals surface area contributed by atoms with Gasteiger partial charge in [0.1, 0.15) is 6.10 Å². The van der Waals surface area contributed by atoms with Crippen LogP contribution in [0.25, 0.3) is 0 Å². The average molecular weight is 518 g/mol. The van der Waals surface area contributed by atoms with Crippen molar-refractivity contribution in [2.24, 2.45) is 0 Å². The molecule has 1 fully saturated rings. The van der Waals surface area contributed by atoms with Crippen LogP contribution in [0.3, 0.4) is 0 Å². The van der Waals surface area contributed by atoms with Crippen LogP contribution in [-0.2, 0) is 39.8 Å². The van der Waals surface area contributed by atoms with E-state index in [0.29, 0.717) is 0 Å². The monoisotopic (exact) mass is 518 g/mol. The predicted molar refractivity (Wildman–Crippen MR) is 89.7 cm³/mol. The molecule has 0 N–H and O–H groups in total. The second kappa shape index (κ2) is 23.4. The predicted octanol–water partition coefficient (Wildman–Crippen LogP) is 4.32. The zero-order valence-corrected chi connectivity index (χ0v) is 17.2. The molecular weight excluding hydrogens is 500 g/mol. The fraction of sp³-hybridized carbons (Fsp3) is 0.143. The molecular formula is C21H18O4W+. The van der Waals surface area contributed by atoms with Crippen LogP contribution < -0.4 is 0 Å². The van der Waals surface area contributed by atoms with Crippen LogP contribution in [0.15, 0.2) is 48.1 Å². The van der Waals surface area contributed by atoms with E-state index in [1.165, 1.54) is 5.56 Å². The summed E-state index contributed by atoms with van der Waals surface area (Å²) in [6.45, 7) is 15.5. The van der Waals surface area contributed by atoms with Gasteiger partial charge in [0.15, 0.2) is 0 Å². The first kappa shape index (κ1) is 29.2. The van der Waals surface area contributed by atoms with Crippen LogP contribution >= 0.6 is 0 Å². The molecule has 26 heavy (non-hydrogen) atoms. The molecule has 2 aliphatic rings. The van der Waals surface area contributed by atoms with Gasteiger partial charge in [0, 0.05) is 0 Å². The first-order valence-electron chi connectivity index (χ1n) is 7.13. The maximum Gasteiger partial charge on any atom is 2.00 e. The minimum absolute atomic E-state index is 0. The molecule has 3 rings (SSSR count). The minimum Gasteiger partial charge on any atom is -0.0312 e. The van der Waals surface area contributed by atoms with Crippen LogP contribution in [0.2, 0.25) is 0 Å². The number of hydrogen-bond donors (Lipinski definition) is 0. The molecule has 0 aromatic heterocycles. The van der Waals surface area contributed by atoms with E-state index in [1.807, 2.05) is 69.4 Å². The van der Waals surface area contributed by atoms with Gasteiger partial charge in [0.25, 0.3) is 0 Å². The topological polar surface area (TPSA) is 68.9 Å². The molecule has 1 aromatic rings. The van der Waals surface area contributed by atoms with E-state index >= 15 is 0 Å². The second-order valence-corrected chi connectivity index (χ2v) is 4.31. The van der Waals surface area contributed by atoms with E-state index in [2.05, 4.69) is 38.3 Å². The van der Waals surface area contributed by atoms with Gasteiger partial charge < -0.3 is 4.74 Å². The SMILES string of the molecule is C/C=C/C1=[C-]OC(c2ccccc2)C1.[C-]#[O+].[C-]#[O+].[C-]#[O+].[CH]1[CH][CH][CH][CH]1.[W+2]. The number of hydrogen-bond acceptors (Lipinski definition) is 1. The van der Waals surface area contributed by atoms with Crippen molar-refractivity contribution in [3.05, 3.63) is 112 Å². The smallest absolute Gasteiger partial charge is 0.0312 e. The Kier molecular flexibility index (Phi) is 26.3. The third kappa shape index (κ3) is 13.7. The van der Waals surface area contributed by atoms with E-state index in [-0.39, 0.29) is 27.2 Å². The maximum absolute atomic E-state index is 7.50. The van der Waals surface area contributed by atoms with Crippen LogP contribution in [0, 0.1) is 58.3 Å². The molecule has 1 aliphatic carbocycles. The Morgan fingerprint density at radius 2 is 1.38 bits per heavy atom. The van der Waals surface area contributed by atoms with Crippen LogP contribution in [-0.4, -0.2) is 0 Å². The molecule has 1 aliphatic heterocycles. The molecule has 5 heteroatoms. The van der Waals surface area contributed by atoms with E-state index in [4.69, 9.17) is 18.7 Å². The summed E-state index contributed by atoms with van der Waals surface area (Å²) in [5.74, 6) is 0. The van der Waals surface area contributed by atoms with Gasteiger partial charge in [-0.05, 0) is 44.1 Å². The number of rotatable bonds is 2. The summed E-state index contributed by atoms with van der Waals surface area (Å²) in [6, 6.07) is 10.3. The summed E-state index contributed by atoms with van der Waals surface area (Å²) in [5.41, 5.74) is 2.36. The largest absolute Gasteiger partial charge is 2.00 e. The van der Waals surface area contributed by atoms with Gasteiger partial charge in [-0.25, -0.2) is 6.08 Å². The zero-order chi connectivity index (χ0) is 19.3. The van der Waals surface area contributed by atoms with Gasteiger partial charge in [-0.2, -0.15) is 11.6 Å². The number of benzene rings is 1. The summed E-state index contributed by atoms with van der Waals surface area (Å²) in [5, 5.41) is 0. The summed E-state index contributed by atoms with van der Waals surface area (Å²) < 4.78 is 28.0. The third-order valence-electron chi connectivity index (χ3n) is 2.83. The Hall–Kier alpha value is -1.59. The first-order valence-corrected chi connectivity index (χ1v) is 7.13. The van der Waals surface area contributed by atoms with Crippen molar-refractivity contribution < 1.29 is 39.8 Å². The van der Waals surface area contributed by atoms with Gasteiger partial charge in [-0.3, -0.25) is 0 Å². The molecule has 1 heterocycles. The first-order chi connectivity index (χ1) is 12.4. The summed E-state index contributed by atoms with van der Waals surface area (Å²) in [4.78, 5) is 0. The molecule has 0 spiro atoms. The van der Waals surface area contributed by atoms with Gasteiger partial charge in [-0.15, -0.1) is 0 Å². The van der Waals surface area contributed by atoms with E-state index in [0.717, 1.165) is 12.0 Å². The van der Waals surface area contributed by atoms with Crippen molar-refractivity contribution in [1.82, 2.24) is 0 Å². The Labute approximate surface area is 171 Å². The zero-order valence-electron chi connectivity index (χ0n) is 14.3. The summed E-state index contributed by atoms with van der Waals surface area (Å²) in [6.07, 6.45) is 18.1. The molecule has 1 unspecified atom stereocenters. The van der Waals surface area contributed by atoms with Crippen molar-refractivity contribution in [1.29, 1.82) is 0 Å². The fourth-order valence-electron chi connectivity index (χ4n) is 1.91. The number of ether oxygens (including phenoxy) is 1. The summed E-state index contributed by atoms with van der Waals surface area (Å²) in [7, 11) is 0. The third-order valence-corrected chi connectivity index (χ3v) is 2.83. The van der Waals surface area contributed by atoms with Gasteiger partial charge in [0.2, 0.25) is 0 Å². The van der Waals surface area contributed by atoms with E-state index in [9.17, 15) is 0 Å². The van der Waals surface area contributed by atoms with Crippen LogP contribution in [0.4, 0.5) is 0 Å².